The lowest BCUT2D eigenvalue weighted by Gasteiger charge is -2.44. The van der Waals surface area contributed by atoms with Gasteiger partial charge in [0.15, 0.2) is 0 Å². The van der Waals surface area contributed by atoms with Gasteiger partial charge < -0.3 is 15.0 Å². The van der Waals surface area contributed by atoms with Gasteiger partial charge in [0, 0.05) is 17.0 Å². The summed E-state index contributed by atoms with van der Waals surface area (Å²) >= 11 is 0. The molecule has 1 aliphatic heterocycles. The molecule has 0 spiro atoms. The number of aromatic nitrogens is 2. The molecule has 1 saturated carbocycles. The molecule has 190 valence electrons. The topological polar surface area (TPSA) is 76.5 Å². The number of fused-ring (bicyclic) bond motifs is 1. The zero-order valence-corrected chi connectivity index (χ0v) is 21.9. The van der Waals surface area contributed by atoms with E-state index >= 15 is 0 Å². The standard InChI is InChI=1S/C28H40N4O3/c1-6-35-23-16-12-11-13-20(23)18-31-25(33)22-17-24(27(2,3)4)30-32(22)19-28(31,5)26(34)29-21-14-9-7-8-10-15-21/h11-13,16-17,21H,6-10,14-15,18-19H2,1-5H3,(H,29,34)/t28-/m1/s1. The Morgan fingerprint density at radius 3 is 2.51 bits per heavy atom. The third-order valence-corrected chi connectivity index (χ3v) is 7.35. The van der Waals surface area contributed by atoms with Crippen LogP contribution in [0.1, 0.15) is 94.9 Å². The fourth-order valence-electron chi connectivity index (χ4n) is 5.12. The van der Waals surface area contributed by atoms with Crippen molar-refractivity contribution >= 4 is 11.8 Å². The molecule has 2 amide bonds. The summed E-state index contributed by atoms with van der Waals surface area (Å²) in [6.45, 7) is 11.2. The summed E-state index contributed by atoms with van der Waals surface area (Å²) in [5, 5.41) is 8.07. The Hall–Kier alpha value is -2.83. The van der Waals surface area contributed by atoms with E-state index in [1.807, 2.05) is 44.2 Å². The number of nitrogens with one attached hydrogen (secondary N) is 1. The van der Waals surface area contributed by atoms with E-state index in [-0.39, 0.29) is 23.3 Å². The average molecular weight is 481 g/mol. The van der Waals surface area contributed by atoms with Gasteiger partial charge in [-0.3, -0.25) is 14.3 Å². The maximum Gasteiger partial charge on any atom is 0.273 e. The minimum absolute atomic E-state index is 0.106. The normalized spacial score (nSPS) is 21.4. The number of benzene rings is 1. The second-order valence-corrected chi connectivity index (χ2v) is 11.2. The highest BCUT2D eigenvalue weighted by Gasteiger charge is 2.49. The first kappa shape index (κ1) is 25.3. The maximum absolute atomic E-state index is 13.9. The maximum atomic E-state index is 13.9. The van der Waals surface area contributed by atoms with Gasteiger partial charge in [-0.15, -0.1) is 0 Å². The number of carbonyl (C=O) groups is 2. The van der Waals surface area contributed by atoms with Crippen molar-refractivity contribution in [2.24, 2.45) is 0 Å². The van der Waals surface area contributed by atoms with E-state index in [1.165, 1.54) is 12.8 Å². The molecule has 7 heteroatoms. The van der Waals surface area contributed by atoms with Crippen molar-refractivity contribution in [3.63, 3.8) is 0 Å². The van der Waals surface area contributed by atoms with Crippen molar-refractivity contribution in [2.75, 3.05) is 6.61 Å². The molecule has 35 heavy (non-hydrogen) atoms. The highest BCUT2D eigenvalue weighted by Crippen LogP contribution is 2.33. The molecule has 2 aliphatic rings. The number of hydrogen-bond acceptors (Lipinski definition) is 4. The average Bonchev–Trinajstić information content (AvgIpc) is 3.08. The van der Waals surface area contributed by atoms with Crippen LogP contribution in [0.25, 0.3) is 0 Å². The van der Waals surface area contributed by atoms with Crippen LogP contribution in [-0.4, -0.2) is 44.7 Å². The molecule has 1 aromatic heterocycles. The summed E-state index contributed by atoms with van der Waals surface area (Å²) < 4.78 is 7.58. The van der Waals surface area contributed by atoms with Crippen LogP contribution in [-0.2, 0) is 23.3 Å². The van der Waals surface area contributed by atoms with Crippen molar-refractivity contribution in [1.29, 1.82) is 0 Å². The minimum Gasteiger partial charge on any atom is -0.494 e. The Morgan fingerprint density at radius 2 is 1.86 bits per heavy atom. The molecule has 1 atom stereocenters. The number of amides is 2. The van der Waals surface area contributed by atoms with E-state index in [1.54, 1.807) is 9.58 Å². The Kier molecular flexibility index (Phi) is 7.25. The van der Waals surface area contributed by atoms with Crippen LogP contribution in [0.3, 0.4) is 0 Å². The summed E-state index contributed by atoms with van der Waals surface area (Å²) in [6, 6.07) is 9.78. The summed E-state index contributed by atoms with van der Waals surface area (Å²) in [5.74, 6) is 0.456. The van der Waals surface area contributed by atoms with E-state index in [0.717, 1.165) is 42.7 Å². The second-order valence-electron chi connectivity index (χ2n) is 11.2. The fraction of sp³-hybridized carbons (Fsp3) is 0.607. The summed E-state index contributed by atoms with van der Waals surface area (Å²) in [6.07, 6.45) is 6.67. The quantitative estimate of drug-likeness (QED) is 0.601. The number of carbonyl (C=O) groups excluding carboxylic acids is 2. The highest BCUT2D eigenvalue weighted by atomic mass is 16.5. The molecule has 1 fully saturated rings. The van der Waals surface area contributed by atoms with Crippen LogP contribution in [0.4, 0.5) is 0 Å². The molecule has 0 saturated heterocycles. The molecular weight excluding hydrogens is 440 g/mol. The second kappa shape index (κ2) is 10.0. The molecular formula is C28H40N4O3. The number of rotatable bonds is 6. The molecule has 0 radical (unpaired) electrons. The first-order valence-electron chi connectivity index (χ1n) is 13.1. The predicted octanol–water partition coefficient (Wildman–Crippen LogP) is 4.83. The van der Waals surface area contributed by atoms with Gasteiger partial charge in [0.05, 0.1) is 25.4 Å². The first-order chi connectivity index (χ1) is 16.6. The van der Waals surface area contributed by atoms with Gasteiger partial charge in [-0.05, 0) is 38.8 Å². The van der Waals surface area contributed by atoms with Crippen LogP contribution in [0.15, 0.2) is 30.3 Å². The van der Waals surface area contributed by atoms with Gasteiger partial charge in [0.2, 0.25) is 5.91 Å². The fourth-order valence-corrected chi connectivity index (χ4v) is 5.12. The lowest BCUT2D eigenvalue weighted by atomic mass is 9.91. The number of para-hydroxylation sites is 1. The lowest BCUT2D eigenvalue weighted by molar-refractivity contribution is -0.134. The van der Waals surface area contributed by atoms with E-state index in [9.17, 15) is 9.59 Å². The SMILES string of the molecule is CCOc1ccccc1CN1C(=O)c2cc(C(C)(C)C)nn2C[C@]1(C)C(=O)NC1CCCCCC1. The molecule has 2 aromatic rings. The van der Waals surface area contributed by atoms with Gasteiger partial charge >= 0.3 is 0 Å². The van der Waals surface area contributed by atoms with Crippen molar-refractivity contribution in [3.8, 4) is 5.75 Å². The Balaban J connectivity index is 1.71. The first-order valence-corrected chi connectivity index (χ1v) is 13.1. The largest absolute Gasteiger partial charge is 0.494 e. The van der Waals surface area contributed by atoms with Gasteiger partial charge in [-0.25, -0.2) is 0 Å². The minimum atomic E-state index is -1.07. The molecule has 4 rings (SSSR count). The lowest BCUT2D eigenvalue weighted by Crippen LogP contribution is -2.64. The Bertz CT molecular complexity index is 1060. The van der Waals surface area contributed by atoms with Crippen LogP contribution >= 0.6 is 0 Å². The highest BCUT2D eigenvalue weighted by molar-refractivity contribution is 5.99. The van der Waals surface area contributed by atoms with E-state index in [2.05, 4.69) is 26.1 Å². The van der Waals surface area contributed by atoms with Gasteiger partial charge in [-0.2, -0.15) is 5.10 Å². The molecule has 1 aliphatic carbocycles. The summed E-state index contributed by atoms with van der Waals surface area (Å²) in [4.78, 5) is 29.6. The molecule has 7 nitrogen and oxygen atoms in total. The summed E-state index contributed by atoms with van der Waals surface area (Å²) in [7, 11) is 0. The number of nitrogens with zero attached hydrogens (tertiary/aromatic N) is 3. The zero-order chi connectivity index (χ0) is 25.2. The van der Waals surface area contributed by atoms with Crippen molar-refractivity contribution in [3.05, 3.63) is 47.3 Å². The summed E-state index contributed by atoms with van der Waals surface area (Å²) in [5.41, 5.74) is 1.00. The van der Waals surface area contributed by atoms with Crippen molar-refractivity contribution in [1.82, 2.24) is 20.0 Å². The van der Waals surface area contributed by atoms with Gasteiger partial charge in [0.25, 0.3) is 5.91 Å². The Morgan fingerprint density at radius 1 is 1.17 bits per heavy atom. The molecule has 0 unspecified atom stereocenters. The third-order valence-electron chi connectivity index (χ3n) is 7.35. The van der Waals surface area contributed by atoms with Crippen molar-refractivity contribution in [2.45, 2.75) is 103 Å². The predicted molar refractivity (Wildman–Crippen MR) is 136 cm³/mol. The zero-order valence-electron chi connectivity index (χ0n) is 21.9. The van der Waals surface area contributed by atoms with Crippen LogP contribution < -0.4 is 10.1 Å². The van der Waals surface area contributed by atoms with E-state index < -0.39 is 5.54 Å². The van der Waals surface area contributed by atoms with E-state index in [0.29, 0.717) is 25.4 Å². The molecule has 1 aromatic carbocycles. The monoisotopic (exact) mass is 480 g/mol. The van der Waals surface area contributed by atoms with Crippen molar-refractivity contribution < 1.29 is 14.3 Å². The molecule has 0 bridgehead atoms. The van der Waals surface area contributed by atoms with Crippen LogP contribution in [0.2, 0.25) is 0 Å². The van der Waals surface area contributed by atoms with Crippen LogP contribution in [0, 0.1) is 0 Å². The van der Waals surface area contributed by atoms with Gasteiger partial charge in [-0.1, -0.05) is 64.7 Å². The van der Waals surface area contributed by atoms with E-state index in [4.69, 9.17) is 9.84 Å². The number of hydrogen-bond donors (Lipinski definition) is 1. The number of ether oxygens (including phenoxy) is 1. The van der Waals surface area contributed by atoms with Gasteiger partial charge in [0.1, 0.15) is 17.0 Å². The smallest absolute Gasteiger partial charge is 0.273 e. The molecule has 2 heterocycles. The Labute approximate surface area is 209 Å². The molecule has 1 N–H and O–H groups in total. The third kappa shape index (κ3) is 5.24. The van der Waals surface area contributed by atoms with Crippen LogP contribution in [0.5, 0.6) is 5.75 Å².